The Labute approximate surface area is 81.4 Å². The molecule has 0 saturated heterocycles. The molecule has 5 nitrogen and oxygen atoms in total. The van der Waals surface area contributed by atoms with Gasteiger partial charge in [0.15, 0.2) is 5.17 Å². The number of hydrazine groups is 1. The Morgan fingerprint density at radius 1 is 1.85 bits per heavy atom. The summed E-state index contributed by atoms with van der Waals surface area (Å²) in [6.45, 7) is 3.61. The Morgan fingerprint density at radius 3 is 3.00 bits per heavy atom. The van der Waals surface area contributed by atoms with Crippen molar-refractivity contribution in [2.24, 2.45) is 4.99 Å². The van der Waals surface area contributed by atoms with Crippen molar-refractivity contribution in [3.63, 3.8) is 0 Å². The van der Waals surface area contributed by atoms with E-state index in [2.05, 4.69) is 4.99 Å². The number of amidine groups is 1. The van der Waals surface area contributed by atoms with Crippen molar-refractivity contribution in [1.82, 2.24) is 10.0 Å². The molecule has 13 heavy (non-hydrogen) atoms. The van der Waals surface area contributed by atoms with E-state index in [1.54, 1.807) is 5.01 Å². The molecule has 1 heterocycles. The summed E-state index contributed by atoms with van der Waals surface area (Å²) in [5.74, 6) is 0. The van der Waals surface area contributed by atoms with Gasteiger partial charge in [0.25, 0.3) is 0 Å². The molecule has 0 spiro atoms. The zero-order valence-corrected chi connectivity index (χ0v) is 8.54. The Balaban J connectivity index is 2.69. The van der Waals surface area contributed by atoms with Gasteiger partial charge in [0.1, 0.15) is 0 Å². The minimum atomic E-state index is -0.925. The third-order valence-corrected chi connectivity index (χ3v) is 2.48. The van der Waals surface area contributed by atoms with Gasteiger partial charge in [-0.1, -0.05) is 11.8 Å². The molecule has 0 saturated carbocycles. The second-order valence-electron chi connectivity index (χ2n) is 2.49. The van der Waals surface area contributed by atoms with Crippen LogP contribution in [0, 0.1) is 0 Å². The van der Waals surface area contributed by atoms with E-state index in [0.717, 1.165) is 5.17 Å². The van der Waals surface area contributed by atoms with Gasteiger partial charge in [-0.15, -0.1) is 0 Å². The van der Waals surface area contributed by atoms with E-state index in [0.29, 0.717) is 19.6 Å². The van der Waals surface area contributed by atoms with Crippen LogP contribution in [0.2, 0.25) is 0 Å². The lowest BCUT2D eigenvalue weighted by Crippen LogP contribution is -2.46. The first-order valence-corrected chi connectivity index (χ1v) is 5.29. The molecule has 0 aromatic heterocycles. The Bertz CT molecular complexity index is 232. The summed E-state index contributed by atoms with van der Waals surface area (Å²) in [7, 11) is 0. The van der Waals surface area contributed by atoms with Crippen LogP contribution >= 0.6 is 11.8 Å². The molecular formula is C7H13N3O2S. The highest BCUT2D eigenvalue weighted by atomic mass is 32.2. The molecule has 6 heteroatoms. The van der Waals surface area contributed by atoms with Crippen LogP contribution in [-0.4, -0.2) is 52.3 Å². The molecule has 0 aliphatic carbocycles. The number of amides is 1. The number of aliphatic imine (C=N–C) groups is 1. The number of nitrogens with zero attached hydrogens (tertiary/aromatic N) is 3. The minimum absolute atomic E-state index is 0.453. The van der Waals surface area contributed by atoms with Gasteiger partial charge < -0.3 is 5.11 Å². The lowest BCUT2D eigenvalue weighted by molar-refractivity contribution is 0.0591. The summed E-state index contributed by atoms with van der Waals surface area (Å²) >= 11 is 1.47. The highest BCUT2D eigenvalue weighted by Gasteiger charge is 2.25. The predicted molar refractivity (Wildman–Crippen MR) is 52.9 cm³/mol. The van der Waals surface area contributed by atoms with Gasteiger partial charge in [-0.25, -0.2) is 9.80 Å². The Morgan fingerprint density at radius 2 is 2.54 bits per heavy atom. The molecule has 74 valence electrons. The van der Waals surface area contributed by atoms with Crippen molar-refractivity contribution in [3.05, 3.63) is 0 Å². The van der Waals surface area contributed by atoms with Gasteiger partial charge in [-0.05, 0) is 13.2 Å². The number of thioether (sulfide) groups is 1. The third kappa shape index (κ3) is 2.06. The predicted octanol–water partition coefficient (Wildman–Crippen LogP) is 0.936. The summed E-state index contributed by atoms with van der Waals surface area (Å²) in [6, 6.07) is 0. The molecule has 0 atom stereocenters. The topological polar surface area (TPSA) is 56.1 Å². The number of carbonyl (C=O) groups is 1. The van der Waals surface area contributed by atoms with Crippen molar-refractivity contribution in [2.45, 2.75) is 6.92 Å². The fraction of sp³-hybridized carbons (Fsp3) is 0.714. The highest BCUT2D eigenvalue weighted by Crippen LogP contribution is 2.14. The first-order chi connectivity index (χ1) is 6.20. The maximum atomic E-state index is 10.8. The summed E-state index contributed by atoms with van der Waals surface area (Å²) in [5, 5.41) is 12.6. The molecule has 1 amide bonds. The van der Waals surface area contributed by atoms with E-state index < -0.39 is 6.09 Å². The maximum Gasteiger partial charge on any atom is 0.426 e. The highest BCUT2D eigenvalue weighted by molar-refractivity contribution is 8.13. The zero-order chi connectivity index (χ0) is 9.84. The molecule has 1 rings (SSSR count). The van der Waals surface area contributed by atoms with Gasteiger partial charge in [0.2, 0.25) is 0 Å². The first kappa shape index (κ1) is 10.2. The van der Waals surface area contributed by atoms with Crippen molar-refractivity contribution in [1.29, 1.82) is 0 Å². The van der Waals surface area contributed by atoms with Crippen molar-refractivity contribution >= 4 is 23.0 Å². The van der Waals surface area contributed by atoms with Crippen molar-refractivity contribution in [2.75, 3.05) is 25.9 Å². The van der Waals surface area contributed by atoms with Crippen molar-refractivity contribution < 1.29 is 9.90 Å². The van der Waals surface area contributed by atoms with Crippen LogP contribution in [0.25, 0.3) is 0 Å². The number of hydrogen-bond donors (Lipinski definition) is 1. The normalized spacial score (nSPS) is 15.8. The van der Waals surface area contributed by atoms with E-state index in [9.17, 15) is 4.79 Å². The van der Waals surface area contributed by atoms with E-state index in [1.807, 2.05) is 13.2 Å². The van der Waals surface area contributed by atoms with Gasteiger partial charge in [-0.2, -0.15) is 0 Å². The lowest BCUT2D eigenvalue weighted by atomic mass is 10.6. The van der Waals surface area contributed by atoms with Crippen LogP contribution in [0.5, 0.6) is 0 Å². The van der Waals surface area contributed by atoms with Gasteiger partial charge in [0, 0.05) is 6.54 Å². The van der Waals surface area contributed by atoms with E-state index in [1.165, 1.54) is 16.8 Å². The van der Waals surface area contributed by atoms with E-state index >= 15 is 0 Å². The standard InChI is InChI=1S/C7H13N3O2S/c1-3-9(7(11)12)10-5-4-8-6(10)13-2/h3-5H2,1-2H3,(H,11,12). The molecule has 0 aromatic rings. The Hall–Kier alpha value is -0.910. The number of rotatable bonds is 2. The summed E-state index contributed by atoms with van der Waals surface area (Å²) in [4.78, 5) is 15.0. The molecule has 1 aliphatic rings. The second kappa shape index (κ2) is 4.36. The van der Waals surface area contributed by atoms with E-state index in [4.69, 9.17) is 5.11 Å². The average molecular weight is 203 g/mol. The van der Waals surface area contributed by atoms with Crippen LogP contribution in [0.1, 0.15) is 6.92 Å². The zero-order valence-electron chi connectivity index (χ0n) is 7.73. The van der Waals surface area contributed by atoms with Gasteiger partial charge in [-0.3, -0.25) is 10.0 Å². The SMILES string of the molecule is CCN(C(=O)O)N1CCN=C1SC. The molecule has 0 radical (unpaired) electrons. The summed E-state index contributed by atoms with van der Waals surface area (Å²) in [6.07, 6.45) is 0.971. The quantitative estimate of drug-likeness (QED) is 0.725. The van der Waals surface area contributed by atoms with Crippen LogP contribution in [0.15, 0.2) is 4.99 Å². The third-order valence-electron chi connectivity index (χ3n) is 1.77. The van der Waals surface area contributed by atoms with E-state index in [-0.39, 0.29) is 0 Å². The smallest absolute Gasteiger partial charge is 0.426 e. The molecule has 0 unspecified atom stereocenters. The molecule has 1 aliphatic heterocycles. The molecule has 1 N–H and O–H groups in total. The molecular weight excluding hydrogens is 190 g/mol. The van der Waals surface area contributed by atoms with Crippen LogP contribution in [-0.2, 0) is 0 Å². The fourth-order valence-electron chi connectivity index (χ4n) is 1.22. The lowest BCUT2D eigenvalue weighted by Gasteiger charge is -2.29. The van der Waals surface area contributed by atoms with Crippen molar-refractivity contribution in [3.8, 4) is 0 Å². The number of hydrogen-bond acceptors (Lipinski definition) is 4. The second-order valence-corrected chi connectivity index (χ2v) is 3.26. The Kier molecular flexibility index (Phi) is 3.41. The molecule has 0 bridgehead atoms. The fourth-order valence-corrected chi connectivity index (χ4v) is 1.84. The van der Waals surface area contributed by atoms with Crippen LogP contribution < -0.4 is 0 Å². The molecule has 0 fully saturated rings. The minimum Gasteiger partial charge on any atom is -0.464 e. The average Bonchev–Trinajstić information content (AvgIpc) is 2.53. The van der Waals surface area contributed by atoms with Crippen LogP contribution in [0.3, 0.4) is 0 Å². The van der Waals surface area contributed by atoms with Gasteiger partial charge in [0.05, 0.1) is 13.1 Å². The number of carboxylic acid groups (broad SMARTS) is 1. The monoisotopic (exact) mass is 203 g/mol. The maximum absolute atomic E-state index is 10.8. The van der Waals surface area contributed by atoms with Crippen LogP contribution in [0.4, 0.5) is 4.79 Å². The summed E-state index contributed by atoms with van der Waals surface area (Å²) in [5.41, 5.74) is 0. The largest absolute Gasteiger partial charge is 0.464 e. The van der Waals surface area contributed by atoms with Gasteiger partial charge >= 0.3 is 6.09 Å². The first-order valence-electron chi connectivity index (χ1n) is 4.07. The molecule has 0 aromatic carbocycles. The summed E-state index contributed by atoms with van der Waals surface area (Å²) < 4.78 is 0.